The van der Waals surface area contributed by atoms with E-state index in [2.05, 4.69) is 283 Å². The summed E-state index contributed by atoms with van der Waals surface area (Å²) in [6, 6.07) is 80.2. The maximum absolute atomic E-state index is 6.44. The topological polar surface area (TPSA) is 18.5 Å². The Hall–Kier alpha value is -7.82. The Morgan fingerprint density at radius 1 is 0.220 bits per heavy atom. The summed E-state index contributed by atoms with van der Waals surface area (Å²) in [6.45, 7) is 27.7. The van der Waals surface area contributed by atoms with Gasteiger partial charge in [-0.25, -0.2) is 0 Å². The molecule has 0 saturated carbocycles. The third-order valence-corrected chi connectivity index (χ3v) is 27.8. The molecule has 4 aliphatic carbocycles. The lowest BCUT2D eigenvalue weighted by Crippen LogP contribution is -2.41. The molecule has 0 amide bonds. The van der Waals surface area contributed by atoms with Gasteiger partial charge in [0.05, 0.1) is 11.2 Å². The molecule has 1 saturated heterocycles. The summed E-state index contributed by atoms with van der Waals surface area (Å²) >= 11 is 0. The van der Waals surface area contributed by atoms with Gasteiger partial charge in [0.1, 0.15) is 0 Å². The van der Waals surface area contributed by atoms with Crippen LogP contribution in [0.25, 0.3) is 100 Å². The number of hydrogen-bond acceptors (Lipinski definition) is 2. The van der Waals surface area contributed by atoms with Gasteiger partial charge in [0.2, 0.25) is 0 Å². The first kappa shape index (κ1) is 76.5. The molecule has 10 aromatic carbocycles. The average molecular weight is 1440 g/mol. The molecule has 10 aromatic rings. The van der Waals surface area contributed by atoms with Gasteiger partial charge in [0.25, 0.3) is 0 Å². The van der Waals surface area contributed by atoms with E-state index in [1.165, 1.54) is 302 Å². The van der Waals surface area contributed by atoms with Gasteiger partial charge in [0, 0.05) is 21.7 Å². The highest BCUT2D eigenvalue weighted by Crippen LogP contribution is 2.59. The second-order valence-corrected chi connectivity index (χ2v) is 36.1. The highest BCUT2D eigenvalue weighted by molar-refractivity contribution is 6.62. The Bertz CT molecular complexity index is 4830. The van der Waals surface area contributed by atoms with Crippen LogP contribution in [0, 0.1) is 0 Å². The maximum atomic E-state index is 6.44. The number of rotatable bonds is 34. The van der Waals surface area contributed by atoms with Crippen molar-refractivity contribution in [2.24, 2.45) is 0 Å². The zero-order valence-corrected chi connectivity index (χ0v) is 68.7. The lowest BCUT2D eigenvalue weighted by Gasteiger charge is -2.33. The average Bonchev–Trinajstić information content (AvgIpc) is 1.58. The molecule has 1 fully saturated rings. The summed E-state index contributed by atoms with van der Waals surface area (Å²) in [7, 11) is -0.376. The van der Waals surface area contributed by atoms with E-state index >= 15 is 0 Å². The highest BCUT2D eigenvalue weighted by atomic mass is 16.7. The van der Waals surface area contributed by atoms with E-state index in [0.29, 0.717) is 0 Å². The molecule has 0 unspecified atom stereocenters. The van der Waals surface area contributed by atoms with Crippen LogP contribution in [-0.2, 0) is 31.0 Å². The van der Waals surface area contributed by atoms with E-state index in [1.807, 2.05) is 0 Å². The fraction of sp³-hybridized carbons (Fsp3) is 0.434. The van der Waals surface area contributed by atoms with Crippen LogP contribution < -0.4 is 5.46 Å². The minimum atomic E-state index is -0.378. The minimum absolute atomic E-state index is 0.0597. The molecule has 0 radical (unpaired) electrons. The van der Waals surface area contributed by atoms with Gasteiger partial charge in [-0.1, -0.05) is 367 Å². The first-order valence-corrected chi connectivity index (χ1v) is 43.5. The quantitative estimate of drug-likeness (QED) is 0.0296. The fourth-order valence-electron chi connectivity index (χ4n) is 20.5. The largest absolute Gasteiger partial charge is 0.494 e. The molecule has 15 rings (SSSR count). The van der Waals surface area contributed by atoms with Crippen molar-refractivity contribution in [3.05, 3.63) is 245 Å². The molecule has 0 aromatic heterocycles. The summed E-state index contributed by atoms with van der Waals surface area (Å²) in [6.07, 6.45) is 36.4. The second-order valence-electron chi connectivity index (χ2n) is 36.1. The van der Waals surface area contributed by atoms with Crippen molar-refractivity contribution in [3.63, 3.8) is 0 Å². The molecule has 1 heterocycles. The molecule has 5 aliphatic rings. The van der Waals surface area contributed by atoms with Crippen LogP contribution in [0.15, 0.2) is 200 Å². The van der Waals surface area contributed by atoms with Crippen LogP contribution in [-0.4, -0.2) is 18.3 Å². The Kier molecular flexibility index (Phi) is 22.6. The van der Waals surface area contributed by atoms with Crippen LogP contribution in [0.1, 0.15) is 307 Å². The Morgan fingerprint density at radius 2 is 0.440 bits per heavy atom. The number of hydrogen-bond donors (Lipinski definition) is 0. The summed E-state index contributed by atoms with van der Waals surface area (Å²) < 4.78 is 12.9. The van der Waals surface area contributed by atoms with E-state index in [1.54, 1.807) is 22.3 Å². The van der Waals surface area contributed by atoms with Crippen LogP contribution in [0.2, 0.25) is 0 Å². The van der Waals surface area contributed by atoms with Gasteiger partial charge in [0.15, 0.2) is 0 Å². The van der Waals surface area contributed by atoms with Crippen LogP contribution in [0.5, 0.6) is 0 Å². The number of benzene rings is 10. The van der Waals surface area contributed by atoms with E-state index in [0.717, 1.165) is 5.46 Å². The van der Waals surface area contributed by atoms with Gasteiger partial charge in [-0.3, -0.25) is 0 Å². The molecule has 0 atom stereocenters. The number of fused-ring (bicyclic) bond motifs is 12. The molecule has 0 spiro atoms. The van der Waals surface area contributed by atoms with Crippen molar-refractivity contribution >= 4 is 12.6 Å². The third-order valence-electron chi connectivity index (χ3n) is 27.8. The first-order valence-electron chi connectivity index (χ1n) is 43.5. The molecule has 2 nitrogen and oxygen atoms in total. The first-order chi connectivity index (χ1) is 52.8. The smallest absolute Gasteiger partial charge is 0.399 e. The SMILES string of the molecule is CCCCCCCCC1(CCCCCCCC)c2ccccc2-c2ccc(-c3ccc4c(c3)C(C)(C)c3cc(-c5ccc(-c6ccc7c(c6)C(CCCCCCCC)(CCCCCCCC)c6cc(-c8ccc9c(c8)C(C)(C)c8cc(-c%10ccc(B%11OC(C)(C)C(C)(C)O%11)cc%10)ccc8-9)ccc6-7)cc5)ccc3-4)cc21. The normalized spacial score (nSPS) is 16.3. The lowest BCUT2D eigenvalue weighted by molar-refractivity contribution is 0.00578. The second kappa shape index (κ2) is 32.1. The summed E-state index contributed by atoms with van der Waals surface area (Å²) in [5.74, 6) is 0. The monoisotopic (exact) mass is 1440 g/mol. The fourth-order valence-corrected chi connectivity index (χ4v) is 20.5. The predicted molar refractivity (Wildman–Crippen MR) is 469 cm³/mol. The third kappa shape index (κ3) is 14.6. The van der Waals surface area contributed by atoms with Crippen molar-refractivity contribution in [1.82, 2.24) is 0 Å². The van der Waals surface area contributed by atoms with Crippen molar-refractivity contribution in [1.29, 1.82) is 0 Å². The standard InChI is InChI=1S/C106H125BO2/c1-13-17-21-25-29-35-63-105(64-36-30-26-22-18-14-2)93-40-34-33-39-85(93)90-61-52-82(72-98(90)105)80-50-58-88-86-56-47-77(67-94(86)101(5,6)96(88)69-80)74-41-43-75(44-42-74)79-49-60-91-92-62-53-83(73-100(92)106(99(91)71-79,65-37-31-27-23-19-15-3)66-38-32-28-24-20-16-4)81-51-59-89-87-57-48-78(68-95(87)102(7,8)97(89)70-81)76-45-54-84(55-46-76)107-108-103(9,10)104(11,12)109-107/h33-34,39-62,67-73H,13-32,35-38,63-66H2,1-12H3. The zero-order valence-electron chi connectivity index (χ0n) is 68.7. The van der Waals surface area contributed by atoms with Gasteiger partial charge in [-0.05, 0) is 246 Å². The van der Waals surface area contributed by atoms with Crippen LogP contribution >= 0.6 is 0 Å². The summed E-state index contributed by atoms with van der Waals surface area (Å²) in [4.78, 5) is 0. The molecule has 564 valence electrons. The van der Waals surface area contributed by atoms with E-state index in [9.17, 15) is 0 Å². The highest BCUT2D eigenvalue weighted by Gasteiger charge is 2.52. The Balaban J connectivity index is 0.704. The van der Waals surface area contributed by atoms with Crippen molar-refractivity contribution in [2.75, 3.05) is 0 Å². The molecule has 109 heavy (non-hydrogen) atoms. The maximum Gasteiger partial charge on any atom is 0.494 e. The summed E-state index contributed by atoms with van der Waals surface area (Å²) in [5, 5.41) is 0. The number of unbranched alkanes of at least 4 members (excludes halogenated alkanes) is 20. The zero-order chi connectivity index (χ0) is 75.7. The van der Waals surface area contributed by atoms with Crippen molar-refractivity contribution in [2.45, 2.75) is 296 Å². The molecule has 0 bridgehead atoms. The predicted octanol–water partition coefficient (Wildman–Crippen LogP) is 30.5. The van der Waals surface area contributed by atoms with Gasteiger partial charge in [-0.2, -0.15) is 0 Å². The molecule has 1 aliphatic heterocycles. The van der Waals surface area contributed by atoms with Gasteiger partial charge in [-0.15, -0.1) is 0 Å². The van der Waals surface area contributed by atoms with Crippen LogP contribution in [0.3, 0.4) is 0 Å². The minimum Gasteiger partial charge on any atom is -0.399 e. The molecular formula is C106H125BO2. The van der Waals surface area contributed by atoms with E-state index < -0.39 is 0 Å². The van der Waals surface area contributed by atoms with Crippen molar-refractivity contribution in [3.8, 4) is 100 Å². The summed E-state index contributed by atoms with van der Waals surface area (Å²) in [5.41, 5.74) is 36.1. The Labute approximate surface area is 658 Å². The molecule has 3 heteroatoms. The van der Waals surface area contributed by atoms with E-state index in [-0.39, 0.29) is 40.0 Å². The molecular weight excluding hydrogens is 1320 g/mol. The van der Waals surface area contributed by atoms with Crippen LogP contribution in [0.4, 0.5) is 0 Å². The molecule has 0 N–H and O–H groups in total. The van der Waals surface area contributed by atoms with Gasteiger partial charge >= 0.3 is 7.12 Å². The van der Waals surface area contributed by atoms with Gasteiger partial charge < -0.3 is 9.31 Å². The lowest BCUT2D eigenvalue weighted by atomic mass is 9.70. The Morgan fingerprint density at radius 3 is 0.743 bits per heavy atom. The van der Waals surface area contributed by atoms with E-state index in [4.69, 9.17) is 9.31 Å². The van der Waals surface area contributed by atoms with Crippen molar-refractivity contribution < 1.29 is 9.31 Å².